The Hall–Kier alpha value is -6.64. The second-order valence-corrected chi connectivity index (χ2v) is 13.1. The molecule has 3 atom stereocenters. The standard InChI is InChI=1S/C36H39N9O9/c1-5-16-44(28-12-8-22-17-27-25(18-24(22)28)33(49)38-20(2)37-27)23-9-6-21(7-10-23)32(48)40-36(3,35(52)53)15-14-30(46)39-26(34(50)51)11-13-29-41-42-43-45(29)19-31(47)54-4/h1,6-7,9-10,17-18,26,28H,8,11-16,19H2,2-4H3,(H,39,46)(H,40,48)(H,50,51)(H,52,53)(H,37,38,49)/t26-,28?,36-/m0/s1. The van der Waals surface area contributed by atoms with E-state index in [-0.39, 0.29) is 55.3 Å². The van der Waals surface area contributed by atoms with E-state index in [0.29, 0.717) is 22.4 Å². The third-order valence-corrected chi connectivity index (χ3v) is 9.35. The van der Waals surface area contributed by atoms with Crippen LogP contribution in [0.15, 0.2) is 41.2 Å². The van der Waals surface area contributed by atoms with Gasteiger partial charge in [-0.2, -0.15) is 0 Å². The number of benzene rings is 2. The summed E-state index contributed by atoms with van der Waals surface area (Å²) in [4.78, 5) is 83.8. The normalized spacial score (nSPS) is 15.0. The first-order chi connectivity index (χ1) is 25.7. The summed E-state index contributed by atoms with van der Waals surface area (Å²) in [6, 6.07) is 8.75. The molecule has 5 rings (SSSR count). The second-order valence-electron chi connectivity index (χ2n) is 13.1. The van der Waals surface area contributed by atoms with Gasteiger partial charge in [0.15, 0.2) is 5.82 Å². The van der Waals surface area contributed by atoms with E-state index in [1.807, 2.05) is 17.0 Å². The number of fused-ring (bicyclic) bond motifs is 2. The van der Waals surface area contributed by atoms with Crippen LogP contribution in [0, 0.1) is 19.3 Å². The van der Waals surface area contributed by atoms with Gasteiger partial charge in [-0.15, -0.1) is 11.5 Å². The predicted octanol–water partition coefficient (Wildman–Crippen LogP) is 1.07. The van der Waals surface area contributed by atoms with Crippen molar-refractivity contribution in [3.8, 4) is 12.3 Å². The largest absolute Gasteiger partial charge is 0.480 e. The third kappa shape index (κ3) is 8.69. The van der Waals surface area contributed by atoms with Gasteiger partial charge in [0.2, 0.25) is 5.91 Å². The smallest absolute Gasteiger partial charge is 0.329 e. The molecule has 0 spiro atoms. The summed E-state index contributed by atoms with van der Waals surface area (Å²) in [6.07, 6.45) is 6.33. The number of hydrogen-bond acceptors (Lipinski definition) is 12. The maximum atomic E-state index is 13.3. The number of aryl methyl sites for hydroxylation is 3. The van der Waals surface area contributed by atoms with Gasteiger partial charge in [-0.05, 0) is 97.5 Å². The van der Waals surface area contributed by atoms with Crippen LogP contribution in [0.2, 0.25) is 0 Å². The lowest BCUT2D eigenvalue weighted by Crippen LogP contribution is -2.53. The number of aromatic nitrogens is 6. The van der Waals surface area contributed by atoms with Crippen molar-refractivity contribution in [1.82, 2.24) is 40.8 Å². The van der Waals surface area contributed by atoms with Crippen LogP contribution < -0.4 is 21.1 Å². The molecule has 1 aliphatic rings. The predicted molar refractivity (Wildman–Crippen MR) is 191 cm³/mol. The number of carbonyl (C=O) groups excluding carboxylic acids is 3. The van der Waals surface area contributed by atoms with Crippen LogP contribution >= 0.6 is 0 Å². The highest BCUT2D eigenvalue weighted by Crippen LogP contribution is 2.39. The van der Waals surface area contributed by atoms with Crippen LogP contribution in [-0.4, -0.2) is 95.3 Å². The average molecular weight is 742 g/mol. The molecule has 2 aromatic carbocycles. The van der Waals surface area contributed by atoms with Gasteiger partial charge in [-0.1, -0.05) is 5.92 Å². The molecule has 0 fully saturated rings. The third-order valence-electron chi connectivity index (χ3n) is 9.35. The second kappa shape index (κ2) is 16.4. The van der Waals surface area contributed by atoms with Crippen LogP contribution in [0.4, 0.5) is 5.69 Å². The number of anilines is 1. The van der Waals surface area contributed by atoms with E-state index < -0.39 is 47.7 Å². The van der Waals surface area contributed by atoms with Gasteiger partial charge >= 0.3 is 17.9 Å². The molecule has 0 saturated heterocycles. The minimum atomic E-state index is -1.89. The summed E-state index contributed by atoms with van der Waals surface area (Å²) in [6.45, 7) is 2.94. The molecule has 282 valence electrons. The van der Waals surface area contributed by atoms with E-state index in [2.05, 4.69) is 46.8 Å². The molecule has 2 heterocycles. The number of ether oxygens (including phenoxy) is 1. The van der Waals surface area contributed by atoms with Crippen LogP contribution in [0.5, 0.6) is 0 Å². The van der Waals surface area contributed by atoms with Crippen LogP contribution in [-0.2, 0) is 43.3 Å². The highest BCUT2D eigenvalue weighted by atomic mass is 16.5. The zero-order valence-electron chi connectivity index (χ0n) is 29.8. The average Bonchev–Trinajstić information content (AvgIpc) is 3.76. The number of tetrazole rings is 1. The van der Waals surface area contributed by atoms with Crippen molar-refractivity contribution in [3.05, 3.63) is 75.1 Å². The fourth-order valence-corrected chi connectivity index (χ4v) is 6.36. The number of rotatable bonds is 16. The van der Waals surface area contributed by atoms with E-state index in [1.54, 1.807) is 19.1 Å². The minimum Gasteiger partial charge on any atom is -0.480 e. The molecule has 4 aromatic rings. The van der Waals surface area contributed by atoms with Crippen LogP contribution in [0.1, 0.15) is 71.8 Å². The van der Waals surface area contributed by atoms with Gasteiger partial charge in [0.05, 0.1) is 30.6 Å². The van der Waals surface area contributed by atoms with Crippen molar-refractivity contribution in [2.75, 3.05) is 18.6 Å². The van der Waals surface area contributed by atoms with E-state index in [4.69, 9.17) is 6.42 Å². The van der Waals surface area contributed by atoms with Crippen molar-refractivity contribution in [3.63, 3.8) is 0 Å². The van der Waals surface area contributed by atoms with Gasteiger partial charge in [-0.25, -0.2) is 19.3 Å². The lowest BCUT2D eigenvalue weighted by atomic mass is 9.94. The maximum absolute atomic E-state index is 13.3. The number of nitrogens with one attached hydrogen (secondary N) is 3. The number of aromatic amines is 1. The Bertz CT molecular complexity index is 2190. The number of hydrogen-bond donors (Lipinski definition) is 5. The highest BCUT2D eigenvalue weighted by Gasteiger charge is 2.36. The van der Waals surface area contributed by atoms with Crippen molar-refractivity contribution in [2.24, 2.45) is 0 Å². The number of amides is 2. The number of carboxylic acids is 2. The number of aliphatic carboxylic acids is 2. The fourth-order valence-electron chi connectivity index (χ4n) is 6.36. The summed E-state index contributed by atoms with van der Waals surface area (Å²) in [7, 11) is 1.19. The molecule has 0 radical (unpaired) electrons. The van der Waals surface area contributed by atoms with Crippen molar-refractivity contribution in [2.45, 2.75) is 76.5 Å². The zero-order chi connectivity index (χ0) is 39.2. The number of carboxylic acid groups (broad SMARTS) is 2. The highest BCUT2D eigenvalue weighted by molar-refractivity contribution is 5.98. The molecule has 2 aromatic heterocycles. The van der Waals surface area contributed by atoms with Crippen molar-refractivity contribution >= 4 is 46.3 Å². The Morgan fingerprint density at radius 2 is 1.93 bits per heavy atom. The zero-order valence-corrected chi connectivity index (χ0v) is 29.8. The molecule has 18 heteroatoms. The number of carbonyl (C=O) groups is 5. The molecule has 5 N–H and O–H groups in total. The monoisotopic (exact) mass is 741 g/mol. The topological polar surface area (TPSA) is 252 Å². The molecule has 0 bridgehead atoms. The lowest BCUT2D eigenvalue weighted by Gasteiger charge is -2.30. The Labute approximate surface area is 308 Å². The first-order valence-corrected chi connectivity index (χ1v) is 17.0. The van der Waals surface area contributed by atoms with Gasteiger partial charge in [0.25, 0.3) is 11.5 Å². The number of terminal acetylenes is 1. The molecule has 0 aliphatic heterocycles. The van der Waals surface area contributed by atoms with Gasteiger partial charge in [-0.3, -0.25) is 19.2 Å². The summed E-state index contributed by atoms with van der Waals surface area (Å²) in [5.74, 6) is -1.40. The molecule has 18 nitrogen and oxygen atoms in total. The van der Waals surface area contributed by atoms with E-state index in [0.717, 1.165) is 28.7 Å². The van der Waals surface area contributed by atoms with Crippen molar-refractivity contribution in [1.29, 1.82) is 0 Å². The maximum Gasteiger partial charge on any atom is 0.329 e. The van der Waals surface area contributed by atoms with Crippen molar-refractivity contribution < 1.29 is 38.9 Å². The Morgan fingerprint density at radius 3 is 2.59 bits per heavy atom. The molecule has 54 heavy (non-hydrogen) atoms. The number of H-pyrrole nitrogens is 1. The van der Waals surface area contributed by atoms with Gasteiger partial charge < -0.3 is 35.5 Å². The quantitative estimate of drug-likeness (QED) is 0.0796. The Morgan fingerprint density at radius 1 is 1.19 bits per heavy atom. The van der Waals surface area contributed by atoms with Gasteiger partial charge in [0.1, 0.15) is 23.9 Å². The number of esters is 1. The molecule has 0 saturated carbocycles. The molecular formula is C36H39N9O9. The summed E-state index contributed by atoms with van der Waals surface area (Å²) >= 11 is 0. The minimum absolute atomic E-state index is 0.00681. The molecular weight excluding hydrogens is 702 g/mol. The summed E-state index contributed by atoms with van der Waals surface area (Å²) in [5.41, 5.74) is 1.40. The molecule has 2 amide bonds. The number of methoxy groups -OCH3 is 1. The number of nitrogens with zero attached hydrogens (tertiary/aromatic N) is 6. The fraction of sp³-hybridized carbons (Fsp3) is 0.389. The Kier molecular flexibility index (Phi) is 11.7. The van der Waals surface area contributed by atoms with Gasteiger partial charge in [0, 0.05) is 24.1 Å². The lowest BCUT2D eigenvalue weighted by molar-refractivity contribution is -0.145. The molecule has 1 aliphatic carbocycles. The van der Waals surface area contributed by atoms with E-state index in [1.165, 1.54) is 26.2 Å². The van der Waals surface area contributed by atoms with E-state index in [9.17, 15) is 39.0 Å². The summed E-state index contributed by atoms with van der Waals surface area (Å²) < 4.78 is 5.73. The Balaban J connectivity index is 1.22. The van der Waals surface area contributed by atoms with Crippen LogP contribution in [0.25, 0.3) is 10.9 Å². The van der Waals surface area contributed by atoms with Crippen LogP contribution in [0.3, 0.4) is 0 Å². The first kappa shape index (κ1) is 38.6. The SMILES string of the molecule is C#CCN(c1ccc(C(=O)N[C@@](C)(CCC(=O)N[C@@H](CCc2nnnn2CC(=O)OC)C(=O)O)C(=O)O)cc1)C1CCc2cc3nc(C)[nH]c(=O)c3cc21. The summed E-state index contributed by atoms with van der Waals surface area (Å²) in [5, 5.41) is 36.0. The van der Waals surface area contributed by atoms with E-state index >= 15 is 0 Å². The first-order valence-electron chi connectivity index (χ1n) is 17.0. The molecule has 1 unspecified atom stereocenters.